The van der Waals surface area contributed by atoms with Crippen LogP contribution >= 0.6 is 23.2 Å². The third kappa shape index (κ3) is 3.39. The zero-order valence-electron chi connectivity index (χ0n) is 12.6. The Bertz CT molecular complexity index is 964. The lowest BCUT2D eigenvalue weighted by atomic mass is 10.2. The van der Waals surface area contributed by atoms with E-state index < -0.39 is 6.04 Å². The predicted octanol–water partition coefficient (Wildman–Crippen LogP) is 3.60. The standard InChI is InChI=1S/C16H14Cl2N4O2/c1-8(15(23)20-12-4-2-3-10(17)14(12)18)19-9-5-6-11-13(7-9)22-16(24)21-11/h2-8,19H,1H3,(H,20,23)(H2,21,22,24)/t8-/m0/s1. The van der Waals surface area contributed by atoms with Crippen molar-refractivity contribution in [2.24, 2.45) is 0 Å². The molecule has 0 fully saturated rings. The van der Waals surface area contributed by atoms with Crippen LogP contribution in [0, 0.1) is 0 Å². The first-order valence-corrected chi connectivity index (χ1v) is 7.93. The number of carbonyl (C=O) groups is 1. The zero-order valence-corrected chi connectivity index (χ0v) is 14.1. The van der Waals surface area contributed by atoms with Gasteiger partial charge in [0.1, 0.15) is 6.04 Å². The number of halogens is 2. The van der Waals surface area contributed by atoms with Crippen molar-refractivity contribution in [3.63, 3.8) is 0 Å². The summed E-state index contributed by atoms with van der Waals surface area (Å²) in [7, 11) is 0. The van der Waals surface area contributed by atoms with Crippen molar-refractivity contribution in [1.29, 1.82) is 0 Å². The molecule has 0 aliphatic carbocycles. The molecule has 3 aromatic rings. The van der Waals surface area contributed by atoms with Gasteiger partial charge in [-0.1, -0.05) is 29.3 Å². The van der Waals surface area contributed by atoms with Gasteiger partial charge in [-0.2, -0.15) is 0 Å². The summed E-state index contributed by atoms with van der Waals surface area (Å²) in [6.07, 6.45) is 0. The summed E-state index contributed by atoms with van der Waals surface area (Å²) in [5.74, 6) is -0.262. The van der Waals surface area contributed by atoms with Crippen molar-refractivity contribution in [2.45, 2.75) is 13.0 Å². The van der Waals surface area contributed by atoms with Crippen molar-refractivity contribution in [3.8, 4) is 0 Å². The number of fused-ring (bicyclic) bond motifs is 1. The van der Waals surface area contributed by atoms with Crippen LogP contribution in [0.2, 0.25) is 10.0 Å². The van der Waals surface area contributed by atoms with Crippen molar-refractivity contribution in [3.05, 3.63) is 56.9 Å². The molecule has 8 heteroatoms. The van der Waals surface area contributed by atoms with Gasteiger partial charge in [0, 0.05) is 5.69 Å². The highest BCUT2D eigenvalue weighted by Gasteiger charge is 2.15. The van der Waals surface area contributed by atoms with Crippen LogP contribution in [-0.4, -0.2) is 21.9 Å². The van der Waals surface area contributed by atoms with Crippen LogP contribution in [0.4, 0.5) is 11.4 Å². The molecular formula is C16H14Cl2N4O2. The number of aromatic nitrogens is 2. The van der Waals surface area contributed by atoms with Gasteiger partial charge in [0.2, 0.25) is 5.91 Å². The highest BCUT2D eigenvalue weighted by Crippen LogP contribution is 2.29. The topological polar surface area (TPSA) is 89.8 Å². The van der Waals surface area contributed by atoms with Gasteiger partial charge in [0.25, 0.3) is 0 Å². The molecule has 3 rings (SSSR count). The Morgan fingerprint density at radius 3 is 2.67 bits per heavy atom. The highest BCUT2D eigenvalue weighted by atomic mass is 35.5. The van der Waals surface area contributed by atoms with Crippen LogP contribution in [0.1, 0.15) is 6.92 Å². The number of hydrogen-bond donors (Lipinski definition) is 4. The molecule has 4 N–H and O–H groups in total. The Kier molecular flexibility index (Phi) is 4.51. The smallest absolute Gasteiger partial charge is 0.323 e. The molecule has 1 atom stereocenters. The van der Waals surface area contributed by atoms with Crippen LogP contribution in [0.25, 0.3) is 11.0 Å². The van der Waals surface area contributed by atoms with Gasteiger partial charge in [-0.3, -0.25) is 4.79 Å². The van der Waals surface area contributed by atoms with Crippen LogP contribution in [0.15, 0.2) is 41.2 Å². The van der Waals surface area contributed by atoms with Gasteiger partial charge in [-0.05, 0) is 37.3 Å². The number of aromatic amines is 2. The maximum Gasteiger partial charge on any atom is 0.323 e. The molecule has 0 spiro atoms. The lowest BCUT2D eigenvalue weighted by Gasteiger charge is -2.16. The fourth-order valence-electron chi connectivity index (χ4n) is 2.28. The number of H-pyrrole nitrogens is 2. The Morgan fingerprint density at radius 1 is 1.12 bits per heavy atom. The van der Waals surface area contributed by atoms with Crippen LogP contribution in [-0.2, 0) is 4.79 Å². The lowest BCUT2D eigenvalue weighted by molar-refractivity contribution is -0.116. The van der Waals surface area contributed by atoms with Gasteiger partial charge in [0.05, 0.1) is 26.8 Å². The molecule has 0 saturated carbocycles. The number of rotatable bonds is 4. The van der Waals surface area contributed by atoms with Crippen molar-refractivity contribution in [1.82, 2.24) is 9.97 Å². The van der Waals surface area contributed by atoms with E-state index >= 15 is 0 Å². The van der Waals surface area contributed by atoms with E-state index in [4.69, 9.17) is 23.2 Å². The summed E-state index contributed by atoms with van der Waals surface area (Å²) in [6, 6.07) is 9.80. The average Bonchev–Trinajstić information content (AvgIpc) is 2.91. The molecule has 124 valence electrons. The number of nitrogens with one attached hydrogen (secondary N) is 4. The molecule has 0 radical (unpaired) electrons. The number of imidazole rings is 1. The van der Waals surface area contributed by atoms with E-state index in [0.717, 1.165) is 0 Å². The quantitative estimate of drug-likeness (QED) is 0.570. The summed E-state index contributed by atoms with van der Waals surface area (Å²) in [5, 5.41) is 6.47. The molecule has 0 aliphatic rings. The Labute approximate surface area is 147 Å². The summed E-state index contributed by atoms with van der Waals surface area (Å²) in [4.78, 5) is 28.9. The first-order valence-electron chi connectivity index (χ1n) is 7.17. The summed E-state index contributed by atoms with van der Waals surface area (Å²) < 4.78 is 0. The van der Waals surface area contributed by atoms with Crippen LogP contribution in [0.5, 0.6) is 0 Å². The fourth-order valence-corrected chi connectivity index (χ4v) is 2.63. The molecule has 2 aromatic carbocycles. The van der Waals surface area contributed by atoms with Crippen LogP contribution in [0.3, 0.4) is 0 Å². The third-order valence-electron chi connectivity index (χ3n) is 3.50. The van der Waals surface area contributed by atoms with Gasteiger partial charge < -0.3 is 20.6 Å². The number of benzene rings is 2. The first-order chi connectivity index (χ1) is 11.4. The number of carbonyl (C=O) groups excluding carboxylic acids is 1. The number of hydrogen-bond acceptors (Lipinski definition) is 3. The summed E-state index contributed by atoms with van der Waals surface area (Å²) in [6.45, 7) is 1.72. The molecule has 24 heavy (non-hydrogen) atoms. The minimum atomic E-state index is -0.525. The van der Waals surface area contributed by atoms with E-state index in [1.165, 1.54) is 0 Å². The van der Waals surface area contributed by atoms with Gasteiger partial charge in [-0.15, -0.1) is 0 Å². The second kappa shape index (κ2) is 6.59. The Morgan fingerprint density at radius 2 is 1.88 bits per heavy atom. The monoisotopic (exact) mass is 364 g/mol. The van der Waals surface area contributed by atoms with Gasteiger partial charge in [0.15, 0.2) is 0 Å². The minimum Gasteiger partial charge on any atom is -0.374 e. The van der Waals surface area contributed by atoms with E-state index in [0.29, 0.717) is 32.5 Å². The normalized spacial score (nSPS) is 12.1. The second-order valence-electron chi connectivity index (χ2n) is 5.30. The van der Waals surface area contributed by atoms with E-state index in [9.17, 15) is 9.59 Å². The second-order valence-corrected chi connectivity index (χ2v) is 6.08. The fraction of sp³-hybridized carbons (Fsp3) is 0.125. The average molecular weight is 365 g/mol. The molecule has 6 nitrogen and oxygen atoms in total. The number of amides is 1. The lowest BCUT2D eigenvalue weighted by Crippen LogP contribution is -2.31. The van der Waals surface area contributed by atoms with E-state index in [1.807, 2.05) is 0 Å². The Hall–Kier alpha value is -2.44. The first kappa shape index (κ1) is 16.4. The largest absolute Gasteiger partial charge is 0.374 e. The molecule has 0 saturated heterocycles. The van der Waals surface area contributed by atoms with Gasteiger partial charge >= 0.3 is 5.69 Å². The summed E-state index contributed by atoms with van der Waals surface area (Å²) >= 11 is 12.0. The molecule has 1 amide bonds. The van der Waals surface area contributed by atoms with Crippen molar-refractivity contribution < 1.29 is 4.79 Å². The predicted molar refractivity (Wildman–Crippen MR) is 97.1 cm³/mol. The van der Waals surface area contributed by atoms with Crippen molar-refractivity contribution >= 4 is 51.5 Å². The summed E-state index contributed by atoms with van der Waals surface area (Å²) in [5.41, 5.74) is 2.25. The molecular weight excluding hydrogens is 351 g/mol. The maximum atomic E-state index is 12.3. The molecule has 1 heterocycles. The molecule has 1 aromatic heterocycles. The third-order valence-corrected chi connectivity index (χ3v) is 4.32. The van der Waals surface area contributed by atoms with E-state index in [-0.39, 0.29) is 11.6 Å². The maximum absolute atomic E-state index is 12.3. The minimum absolute atomic E-state index is 0.262. The molecule has 0 unspecified atom stereocenters. The van der Waals surface area contributed by atoms with E-state index in [1.54, 1.807) is 43.3 Å². The van der Waals surface area contributed by atoms with Crippen molar-refractivity contribution in [2.75, 3.05) is 10.6 Å². The molecule has 0 aliphatic heterocycles. The highest BCUT2D eigenvalue weighted by molar-refractivity contribution is 6.44. The SMILES string of the molecule is C[C@H](Nc1ccc2[nH]c(=O)[nH]c2c1)C(=O)Nc1cccc(Cl)c1Cl. The Balaban J connectivity index is 1.73. The van der Waals surface area contributed by atoms with Crippen LogP contribution < -0.4 is 16.3 Å². The number of anilines is 2. The zero-order chi connectivity index (χ0) is 17.3. The van der Waals surface area contributed by atoms with E-state index in [2.05, 4.69) is 20.6 Å². The van der Waals surface area contributed by atoms with Gasteiger partial charge in [-0.25, -0.2) is 4.79 Å². The molecule has 0 bridgehead atoms.